The van der Waals surface area contributed by atoms with Crippen molar-refractivity contribution < 1.29 is 10.2 Å². The fourth-order valence-electron chi connectivity index (χ4n) is 1.97. The Hall–Kier alpha value is -0.570. The van der Waals surface area contributed by atoms with E-state index in [0.717, 1.165) is 18.4 Å². The fraction of sp³-hybridized carbons (Fsp3) is 0.538. The molecule has 0 unspecified atom stereocenters. The zero-order chi connectivity index (χ0) is 12.0. The summed E-state index contributed by atoms with van der Waals surface area (Å²) in [7, 11) is 0. The highest BCUT2D eigenvalue weighted by atomic mass is 35.5. The van der Waals surface area contributed by atoms with Gasteiger partial charge in [-0.25, -0.2) is 0 Å². The van der Waals surface area contributed by atoms with Crippen LogP contribution in [0.4, 0.5) is 0 Å². The van der Waals surface area contributed by atoms with Crippen LogP contribution < -0.4 is 0 Å². The number of hydrogen-bond acceptors (Lipinski definition) is 2. The Morgan fingerprint density at radius 2 is 1.69 bits per heavy atom. The van der Waals surface area contributed by atoms with Crippen molar-refractivity contribution in [1.82, 2.24) is 0 Å². The van der Waals surface area contributed by atoms with Gasteiger partial charge < -0.3 is 10.2 Å². The van der Waals surface area contributed by atoms with E-state index in [4.69, 9.17) is 11.6 Å². The third-order valence-electron chi connectivity index (χ3n) is 2.94. The maximum Gasteiger partial charge on any atom is 0.0512 e. The van der Waals surface area contributed by atoms with Crippen molar-refractivity contribution in [3.63, 3.8) is 0 Å². The molecule has 0 heterocycles. The average Bonchev–Trinajstić information content (AvgIpc) is 2.31. The highest BCUT2D eigenvalue weighted by Gasteiger charge is 2.27. The predicted octanol–water partition coefficient (Wildman–Crippen LogP) is 2.65. The van der Waals surface area contributed by atoms with E-state index in [2.05, 4.69) is 6.92 Å². The van der Waals surface area contributed by atoms with E-state index in [-0.39, 0.29) is 13.2 Å². The first-order valence-corrected chi connectivity index (χ1v) is 6.00. The molecular formula is C13H19ClO2. The molecule has 0 spiro atoms. The van der Waals surface area contributed by atoms with Crippen molar-refractivity contribution >= 4 is 11.6 Å². The monoisotopic (exact) mass is 242 g/mol. The highest BCUT2D eigenvalue weighted by Crippen LogP contribution is 2.28. The van der Waals surface area contributed by atoms with Gasteiger partial charge in [0.1, 0.15) is 0 Å². The molecule has 0 fully saturated rings. The molecule has 2 N–H and O–H groups in total. The van der Waals surface area contributed by atoms with Crippen LogP contribution in [0.1, 0.15) is 25.3 Å². The molecule has 0 saturated carbocycles. The topological polar surface area (TPSA) is 40.5 Å². The lowest BCUT2D eigenvalue weighted by molar-refractivity contribution is 0.0466. The zero-order valence-corrected chi connectivity index (χ0v) is 10.4. The minimum Gasteiger partial charge on any atom is -0.396 e. The molecule has 0 aromatic heterocycles. The highest BCUT2D eigenvalue weighted by molar-refractivity contribution is 6.30. The summed E-state index contributed by atoms with van der Waals surface area (Å²) in [6.45, 7) is 2.09. The zero-order valence-electron chi connectivity index (χ0n) is 9.62. The molecule has 0 aliphatic rings. The summed E-state index contributed by atoms with van der Waals surface area (Å²) >= 11 is 5.81. The lowest BCUT2D eigenvalue weighted by Crippen LogP contribution is -2.32. The van der Waals surface area contributed by atoms with Gasteiger partial charge >= 0.3 is 0 Å². The van der Waals surface area contributed by atoms with Gasteiger partial charge in [0.15, 0.2) is 0 Å². The van der Waals surface area contributed by atoms with Crippen molar-refractivity contribution in [2.24, 2.45) is 5.41 Å². The third kappa shape index (κ3) is 3.48. The van der Waals surface area contributed by atoms with E-state index in [1.165, 1.54) is 0 Å². The van der Waals surface area contributed by atoms with Crippen LogP contribution in [0.3, 0.4) is 0 Å². The van der Waals surface area contributed by atoms with Crippen LogP contribution in [0.15, 0.2) is 24.3 Å². The maximum atomic E-state index is 9.44. The third-order valence-corrected chi connectivity index (χ3v) is 3.20. The van der Waals surface area contributed by atoms with Gasteiger partial charge in [0.2, 0.25) is 0 Å². The second kappa shape index (κ2) is 6.24. The first-order chi connectivity index (χ1) is 7.65. The van der Waals surface area contributed by atoms with E-state index in [0.29, 0.717) is 11.4 Å². The van der Waals surface area contributed by atoms with Crippen LogP contribution in [0.25, 0.3) is 0 Å². The van der Waals surface area contributed by atoms with Crippen molar-refractivity contribution in [2.45, 2.75) is 26.2 Å². The molecule has 0 amide bonds. The number of aliphatic hydroxyl groups excluding tert-OH is 2. The summed E-state index contributed by atoms with van der Waals surface area (Å²) in [6.07, 6.45) is 2.46. The largest absolute Gasteiger partial charge is 0.396 e. The molecule has 2 nitrogen and oxygen atoms in total. The van der Waals surface area contributed by atoms with Crippen LogP contribution in [0.2, 0.25) is 5.02 Å². The molecule has 1 aromatic rings. The van der Waals surface area contributed by atoms with Crippen LogP contribution in [-0.4, -0.2) is 23.4 Å². The van der Waals surface area contributed by atoms with E-state index < -0.39 is 5.41 Å². The number of halogens is 1. The number of benzene rings is 1. The van der Waals surface area contributed by atoms with Crippen molar-refractivity contribution in [1.29, 1.82) is 0 Å². The molecular weight excluding hydrogens is 224 g/mol. The molecule has 0 bridgehead atoms. The number of aliphatic hydroxyl groups is 2. The molecule has 16 heavy (non-hydrogen) atoms. The molecule has 0 aliphatic carbocycles. The predicted molar refractivity (Wildman–Crippen MR) is 66.7 cm³/mol. The van der Waals surface area contributed by atoms with Crippen LogP contribution in [-0.2, 0) is 6.42 Å². The quantitative estimate of drug-likeness (QED) is 0.805. The summed E-state index contributed by atoms with van der Waals surface area (Å²) in [5.74, 6) is 0. The summed E-state index contributed by atoms with van der Waals surface area (Å²) in [5.41, 5.74) is 0.698. The van der Waals surface area contributed by atoms with Gasteiger partial charge in [-0.05, 0) is 30.5 Å². The summed E-state index contributed by atoms with van der Waals surface area (Å²) in [5, 5.41) is 19.6. The molecule has 0 saturated heterocycles. The molecule has 0 atom stereocenters. The Kier molecular flexibility index (Phi) is 5.26. The van der Waals surface area contributed by atoms with Gasteiger partial charge in [-0.1, -0.05) is 37.1 Å². The maximum absolute atomic E-state index is 9.44. The molecule has 0 aliphatic heterocycles. The van der Waals surface area contributed by atoms with Gasteiger partial charge in [-0.3, -0.25) is 0 Å². The lowest BCUT2D eigenvalue weighted by atomic mass is 9.79. The Morgan fingerprint density at radius 1 is 1.12 bits per heavy atom. The van der Waals surface area contributed by atoms with E-state index in [1.54, 1.807) is 0 Å². The molecule has 3 heteroatoms. The molecule has 90 valence electrons. The van der Waals surface area contributed by atoms with Gasteiger partial charge in [-0.2, -0.15) is 0 Å². The summed E-state index contributed by atoms with van der Waals surface area (Å²) in [6, 6.07) is 7.56. The Bertz CT molecular complexity index is 304. The first-order valence-electron chi connectivity index (χ1n) is 5.62. The second-order valence-electron chi connectivity index (χ2n) is 4.37. The van der Waals surface area contributed by atoms with Crippen LogP contribution in [0, 0.1) is 5.41 Å². The van der Waals surface area contributed by atoms with Gasteiger partial charge in [0.05, 0.1) is 13.2 Å². The molecule has 0 radical (unpaired) electrons. The fourth-order valence-corrected chi connectivity index (χ4v) is 2.10. The second-order valence-corrected chi connectivity index (χ2v) is 4.81. The van der Waals surface area contributed by atoms with Crippen LogP contribution >= 0.6 is 11.6 Å². The average molecular weight is 243 g/mol. The Morgan fingerprint density at radius 3 is 2.12 bits per heavy atom. The normalized spacial score (nSPS) is 11.8. The lowest BCUT2D eigenvalue weighted by Gasteiger charge is -2.29. The van der Waals surface area contributed by atoms with Gasteiger partial charge in [-0.15, -0.1) is 0 Å². The van der Waals surface area contributed by atoms with Crippen LogP contribution in [0.5, 0.6) is 0 Å². The minimum atomic E-state index is -0.400. The van der Waals surface area contributed by atoms with Crippen molar-refractivity contribution in [3.05, 3.63) is 34.9 Å². The smallest absolute Gasteiger partial charge is 0.0512 e. The Labute approximate surface area is 102 Å². The summed E-state index contributed by atoms with van der Waals surface area (Å²) < 4.78 is 0. The first kappa shape index (κ1) is 13.5. The number of hydrogen-bond donors (Lipinski definition) is 2. The minimum absolute atomic E-state index is 0.0139. The Balaban J connectivity index is 2.78. The van der Waals surface area contributed by atoms with E-state index in [9.17, 15) is 10.2 Å². The van der Waals surface area contributed by atoms with E-state index >= 15 is 0 Å². The van der Waals surface area contributed by atoms with E-state index in [1.807, 2.05) is 24.3 Å². The van der Waals surface area contributed by atoms with Gasteiger partial charge in [0, 0.05) is 10.4 Å². The van der Waals surface area contributed by atoms with Gasteiger partial charge in [0.25, 0.3) is 0 Å². The molecule has 1 rings (SSSR count). The van der Waals surface area contributed by atoms with Crippen molar-refractivity contribution in [2.75, 3.05) is 13.2 Å². The van der Waals surface area contributed by atoms with Crippen molar-refractivity contribution in [3.8, 4) is 0 Å². The SMILES string of the molecule is CCCC(CO)(CO)Cc1ccc(Cl)cc1. The number of rotatable bonds is 6. The standard InChI is InChI=1S/C13H19ClO2/c1-2-7-13(9-15,10-16)8-11-3-5-12(14)6-4-11/h3-6,15-16H,2,7-10H2,1H3. The summed E-state index contributed by atoms with van der Waals surface area (Å²) in [4.78, 5) is 0. The molecule has 1 aromatic carbocycles.